The van der Waals surface area contributed by atoms with E-state index in [0.717, 1.165) is 16.7 Å². The van der Waals surface area contributed by atoms with E-state index in [1.54, 1.807) is 35.9 Å². The molecule has 10 heteroatoms. The Labute approximate surface area is 165 Å². The van der Waals surface area contributed by atoms with E-state index in [1.807, 2.05) is 0 Å². The second-order valence-corrected chi connectivity index (χ2v) is 7.10. The molecule has 0 spiro atoms. The van der Waals surface area contributed by atoms with Crippen LogP contribution in [0.15, 0.2) is 24.4 Å². The summed E-state index contributed by atoms with van der Waals surface area (Å²) in [6, 6.07) is 3.06. The highest BCUT2D eigenvalue weighted by Gasteiger charge is 2.45. The maximum absolute atomic E-state index is 14.8. The summed E-state index contributed by atoms with van der Waals surface area (Å²) in [6.07, 6.45) is 1.70. The van der Waals surface area contributed by atoms with Crippen LogP contribution in [0.2, 0.25) is 0 Å². The number of benzene rings is 1. The summed E-state index contributed by atoms with van der Waals surface area (Å²) >= 11 is 0. The summed E-state index contributed by atoms with van der Waals surface area (Å²) in [5.41, 5.74) is 0.930. The summed E-state index contributed by atoms with van der Waals surface area (Å²) < 4.78 is 16.4. The van der Waals surface area contributed by atoms with Crippen molar-refractivity contribution in [2.45, 2.75) is 25.4 Å². The van der Waals surface area contributed by atoms with Gasteiger partial charge in [-0.05, 0) is 24.6 Å². The first-order valence-corrected chi connectivity index (χ1v) is 9.01. The number of aryl methyl sites for hydroxylation is 1. The number of nitrogens with one attached hydrogen (secondary N) is 1. The molecule has 4 rings (SSSR count). The van der Waals surface area contributed by atoms with Crippen molar-refractivity contribution in [3.8, 4) is 0 Å². The number of nitrogens with zero attached hydrogens (tertiary/aromatic N) is 4. The zero-order chi connectivity index (χ0) is 20.9. The predicted octanol–water partition coefficient (Wildman–Crippen LogP) is 0.597. The van der Waals surface area contributed by atoms with E-state index in [0.29, 0.717) is 6.54 Å². The van der Waals surface area contributed by atoms with Gasteiger partial charge < -0.3 is 4.90 Å². The van der Waals surface area contributed by atoms with E-state index in [9.17, 15) is 23.6 Å². The molecule has 4 amide bonds. The lowest BCUT2D eigenvalue weighted by Crippen LogP contribution is -2.54. The lowest BCUT2D eigenvalue weighted by Gasteiger charge is -2.27. The van der Waals surface area contributed by atoms with E-state index in [2.05, 4.69) is 10.4 Å². The number of carbonyl (C=O) groups excluding carboxylic acids is 4. The maximum Gasteiger partial charge on any atom is 0.262 e. The van der Waals surface area contributed by atoms with Gasteiger partial charge in [-0.1, -0.05) is 0 Å². The molecular weight excluding hydrogens is 381 g/mol. The fourth-order valence-electron chi connectivity index (χ4n) is 3.66. The molecular formula is C19H18FN5O4. The minimum atomic E-state index is -1.08. The van der Waals surface area contributed by atoms with Crippen molar-refractivity contribution in [2.75, 3.05) is 11.9 Å². The molecule has 2 aromatic rings. The summed E-state index contributed by atoms with van der Waals surface area (Å²) in [5.74, 6) is -3.22. The van der Waals surface area contributed by atoms with Gasteiger partial charge in [0.05, 0.1) is 29.1 Å². The van der Waals surface area contributed by atoms with Crippen LogP contribution in [0.1, 0.15) is 39.3 Å². The maximum atomic E-state index is 14.8. The van der Waals surface area contributed by atoms with Crippen LogP contribution in [0.25, 0.3) is 0 Å². The highest BCUT2D eigenvalue weighted by molar-refractivity contribution is 6.23. The lowest BCUT2D eigenvalue weighted by atomic mass is 10.0. The average molecular weight is 399 g/mol. The van der Waals surface area contributed by atoms with Crippen LogP contribution in [-0.4, -0.2) is 51.4 Å². The topological polar surface area (TPSA) is 105 Å². The van der Waals surface area contributed by atoms with E-state index >= 15 is 0 Å². The van der Waals surface area contributed by atoms with Gasteiger partial charge in [0.2, 0.25) is 11.8 Å². The first kappa shape index (κ1) is 18.8. The fourth-order valence-corrected chi connectivity index (χ4v) is 3.66. The number of aromatic nitrogens is 2. The Kier molecular flexibility index (Phi) is 4.40. The number of amides is 4. The first-order chi connectivity index (χ1) is 13.8. The van der Waals surface area contributed by atoms with Crippen molar-refractivity contribution >= 4 is 29.3 Å². The Morgan fingerprint density at radius 3 is 2.52 bits per heavy atom. The van der Waals surface area contributed by atoms with E-state index in [4.69, 9.17) is 0 Å². The number of piperidine rings is 1. The summed E-state index contributed by atoms with van der Waals surface area (Å²) in [4.78, 5) is 51.5. The standard InChI is InChI=1S/C19H18FN5O4/c1-23(9-10-5-6-21-24(10)2)15-8-12-11(7-13(15)20)18(28)25(19(12)29)14-3-4-16(26)22-17(14)27/h5-8,14H,3-4,9H2,1-2H3,(H,22,26,27). The summed E-state index contributed by atoms with van der Waals surface area (Å²) in [6.45, 7) is 0.338. The third kappa shape index (κ3) is 3.06. The molecule has 1 fully saturated rings. The van der Waals surface area contributed by atoms with Crippen LogP contribution in [0.4, 0.5) is 10.1 Å². The normalized spacial score (nSPS) is 18.9. The van der Waals surface area contributed by atoms with E-state index < -0.39 is 35.5 Å². The third-order valence-corrected chi connectivity index (χ3v) is 5.24. The number of carbonyl (C=O) groups is 4. The van der Waals surface area contributed by atoms with E-state index in [1.165, 1.54) is 6.07 Å². The third-order valence-electron chi connectivity index (χ3n) is 5.24. The predicted molar refractivity (Wildman–Crippen MR) is 98.4 cm³/mol. The molecule has 1 unspecified atom stereocenters. The fraction of sp³-hybridized carbons (Fsp3) is 0.316. The van der Waals surface area contributed by atoms with Crippen LogP contribution in [0.3, 0.4) is 0 Å². The molecule has 1 saturated heterocycles. The minimum absolute atomic E-state index is 0.0247. The smallest absolute Gasteiger partial charge is 0.262 e. The van der Waals surface area contributed by atoms with Gasteiger partial charge in [0.1, 0.15) is 11.9 Å². The molecule has 0 saturated carbocycles. The van der Waals surface area contributed by atoms with Crippen molar-refractivity contribution in [1.29, 1.82) is 0 Å². The number of fused-ring (bicyclic) bond motifs is 1. The van der Waals surface area contributed by atoms with Crippen LogP contribution in [0, 0.1) is 5.82 Å². The number of imide groups is 2. The Hall–Kier alpha value is -3.56. The summed E-state index contributed by atoms with van der Waals surface area (Å²) in [5, 5.41) is 6.20. The van der Waals surface area contributed by atoms with Crippen molar-refractivity contribution < 1.29 is 23.6 Å². The molecule has 0 radical (unpaired) electrons. The molecule has 9 nitrogen and oxygen atoms in total. The summed E-state index contributed by atoms with van der Waals surface area (Å²) in [7, 11) is 3.43. The Bertz CT molecular complexity index is 1060. The van der Waals surface area contributed by atoms with Gasteiger partial charge in [0.15, 0.2) is 0 Å². The van der Waals surface area contributed by atoms with Crippen LogP contribution in [-0.2, 0) is 23.2 Å². The monoisotopic (exact) mass is 399 g/mol. The van der Waals surface area contributed by atoms with Crippen LogP contribution >= 0.6 is 0 Å². The van der Waals surface area contributed by atoms with Gasteiger partial charge in [-0.2, -0.15) is 5.10 Å². The molecule has 1 aromatic carbocycles. The zero-order valence-corrected chi connectivity index (χ0v) is 15.8. The number of hydrogen-bond donors (Lipinski definition) is 1. The number of hydrogen-bond acceptors (Lipinski definition) is 6. The SMILES string of the molecule is CN(Cc1ccnn1C)c1cc2c(cc1F)C(=O)N(C1CCC(=O)NC1=O)C2=O. The second-order valence-electron chi connectivity index (χ2n) is 7.10. The molecule has 3 heterocycles. The van der Waals surface area contributed by atoms with Gasteiger partial charge in [0.25, 0.3) is 11.8 Å². The largest absolute Gasteiger partial charge is 0.366 e. The Morgan fingerprint density at radius 1 is 1.21 bits per heavy atom. The van der Waals surface area contributed by atoms with Gasteiger partial charge in [-0.15, -0.1) is 0 Å². The van der Waals surface area contributed by atoms with E-state index in [-0.39, 0.29) is 29.7 Å². The van der Waals surface area contributed by atoms with Crippen LogP contribution < -0.4 is 10.2 Å². The highest BCUT2D eigenvalue weighted by Crippen LogP contribution is 2.32. The zero-order valence-electron chi connectivity index (χ0n) is 15.8. The van der Waals surface area contributed by atoms with Gasteiger partial charge in [-0.25, -0.2) is 4.39 Å². The second kappa shape index (κ2) is 6.80. The van der Waals surface area contributed by atoms with Gasteiger partial charge in [-0.3, -0.25) is 34.1 Å². The molecule has 29 heavy (non-hydrogen) atoms. The van der Waals surface area contributed by atoms with Gasteiger partial charge in [0, 0.05) is 26.7 Å². The highest BCUT2D eigenvalue weighted by atomic mass is 19.1. The van der Waals surface area contributed by atoms with Crippen LogP contribution in [0.5, 0.6) is 0 Å². The van der Waals surface area contributed by atoms with Crippen molar-refractivity contribution in [3.05, 3.63) is 47.0 Å². The molecule has 1 aromatic heterocycles. The number of anilines is 1. The number of rotatable bonds is 4. The van der Waals surface area contributed by atoms with Gasteiger partial charge >= 0.3 is 0 Å². The lowest BCUT2D eigenvalue weighted by molar-refractivity contribution is -0.136. The number of halogens is 1. The Balaban J connectivity index is 1.65. The molecule has 2 aliphatic heterocycles. The molecule has 1 N–H and O–H groups in total. The quantitative estimate of drug-likeness (QED) is 0.755. The molecule has 150 valence electrons. The molecule has 0 bridgehead atoms. The molecule has 1 atom stereocenters. The molecule has 2 aliphatic rings. The van der Waals surface area contributed by atoms with Crippen molar-refractivity contribution in [2.24, 2.45) is 7.05 Å². The first-order valence-electron chi connectivity index (χ1n) is 9.01. The Morgan fingerprint density at radius 2 is 1.90 bits per heavy atom. The molecule has 0 aliphatic carbocycles. The average Bonchev–Trinajstić information content (AvgIpc) is 3.16. The van der Waals surface area contributed by atoms with Crippen molar-refractivity contribution in [1.82, 2.24) is 20.0 Å². The minimum Gasteiger partial charge on any atom is -0.366 e. The van der Waals surface area contributed by atoms with Crippen molar-refractivity contribution in [3.63, 3.8) is 0 Å².